The smallest absolute Gasteiger partial charge is 0.251 e. The topological polar surface area (TPSA) is 97.3 Å². The number of hydrogen-bond donors (Lipinski definition) is 2. The molecular formula is C20H23N5O2. The van der Waals surface area contributed by atoms with Gasteiger partial charge >= 0.3 is 0 Å². The summed E-state index contributed by atoms with van der Waals surface area (Å²) in [6, 6.07) is 14.0. The van der Waals surface area contributed by atoms with E-state index in [4.69, 9.17) is 10.3 Å². The van der Waals surface area contributed by atoms with Crippen LogP contribution >= 0.6 is 0 Å². The fraction of sp³-hybridized carbons (Fsp3) is 0.350. The van der Waals surface area contributed by atoms with E-state index < -0.39 is 0 Å². The Kier molecular flexibility index (Phi) is 5.13. The van der Waals surface area contributed by atoms with Gasteiger partial charge in [0, 0.05) is 18.2 Å². The number of benzene rings is 2. The lowest BCUT2D eigenvalue weighted by molar-refractivity contribution is 0.0899. The van der Waals surface area contributed by atoms with E-state index in [0.29, 0.717) is 23.8 Å². The normalized spacial score (nSPS) is 17.9. The van der Waals surface area contributed by atoms with Crippen LogP contribution in [0.25, 0.3) is 10.8 Å². The summed E-state index contributed by atoms with van der Waals surface area (Å²) < 4.78 is 5.06. The van der Waals surface area contributed by atoms with E-state index in [0.717, 1.165) is 36.7 Å². The maximum Gasteiger partial charge on any atom is 0.251 e. The zero-order valence-corrected chi connectivity index (χ0v) is 15.1. The van der Waals surface area contributed by atoms with E-state index in [1.807, 2.05) is 42.5 Å². The van der Waals surface area contributed by atoms with Crippen molar-refractivity contribution >= 4 is 16.7 Å². The highest BCUT2D eigenvalue weighted by molar-refractivity contribution is 5.98. The second-order valence-electron chi connectivity index (χ2n) is 6.92. The summed E-state index contributed by atoms with van der Waals surface area (Å²) in [6.07, 6.45) is 1.99. The minimum absolute atomic E-state index is 0.0300. The summed E-state index contributed by atoms with van der Waals surface area (Å²) in [7, 11) is 0. The molecule has 7 heteroatoms. The van der Waals surface area contributed by atoms with Crippen molar-refractivity contribution in [2.75, 3.05) is 13.1 Å². The summed E-state index contributed by atoms with van der Waals surface area (Å²) in [5.41, 5.74) is 6.20. The van der Waals surface area contributed by atoms with Crippen LogP contribution in [0.15, 0.2) is 47.0 Å². The third-order valence-electron chi connectivity index (χ3n) is 4.90. The quantitative estimate of drug-likeness (QED) is 0.718. The molecule has 3 N–H and O–H groups in total. The van der Waals surface area contributed by atoms with E-state index >= 15 is 0 Å². The number of nitrogens with zero attached hydrogens (tertiary/aromatic N) is 3. The molecule has 1 aliphatic heterocycles. The van der Waals surface area contributed by atoms with Gasteiger partial charge in [-0.1, -0.05) is 35.5 Å². The predicted octanol–water partition coefficient (Wildman–Crippen LogP) is 2.08. The fourth-order valence-electron chi connectivity index (χ4n) is 3.55. The van der Waals surface area contributed by atoms with Gasteiger partial charge in [0.05, 0.1) is 13.1 Å². The minimum Gasteiger partial charge on any atom is -0.348 e. The molecule has 1 atom stereocenters. The van der Waals surface area contributed by atoms with Crippen LogP contribution in [0.2, 0.25) is 0 Å². The number of nitrogens with two attached hydrogens (primary N) is 1. The number of carbonyl (C=O) groups excluding carboxylic acids is 1. The van der Waals surface area contributed by atoms with Crippen LogP contribution in [-0.2, 0) is 13.1 Å². The lowest BCUT2D eigenvalue weighted by atomic mass is 10.0. The van der Waals surface area contributed by atoms with Gasteiger partial charge in [0.2, 0.25) is 5.89 Å². The molecule has 4 rings (SSSR count). The molecular weight excluding hydrogens is 342 g/mol. The van der Waals surface area contributed by atoms with Crippen LogP contribution in [0.5, 0.6) is 0 Å². The summed E-state index contributed by atoms with van der Waals surface area (Å²) in [5.74, 6) is 1.05. The Balaban J connectivity index is 1.38. The number of amides is 1. The van der Waals surface area contributed by atoms with Gasteiger partial charge in [-0.15, -0.1) is 0 Å². The molecule has 1 saturated heterocycles. The Morgan fingerprint density at radius 3 is 2.93 bits per heavy atom. The van der Waals surface area contributed by atoms with Gasteiger partial charge in [-0.3, -0.25) is 9.69 Å². The van der Waals surface area contributed by atoms with Gasteiger partial charge in [-0.2, -0.15) is 4.98 Å². The van der Waals surface area contributed by atoms with Crippen molar-refractivity contribution in [1.29, 1.82) is 0 Å². The highest BCUT2D eigenvalue weighted by Gasteiger charge is 2.23. The molecule has 2 aromatic carbocycles. The molecule has 27 heavy (non-hydrogen) atoms. The van der Waals surface area contributed by atoms with Crippen molar-refractivity contribution < 1.29 is 9.32 Å². The molecule has 1 aromatic heterocycles. The first kappa shape index (κ1) is 17.6. The summed E-state index contributed by atoms with van der Waals surface area (Å²) >= 11 is 0. The molecule has 2 heterocycles. The van der Waals surface area contributed by atoms with Gasteiger partial charge in [-0.25, -0.2) is 0 Å². The zero-order chi connectivity index (χ0) is 18.6. The number of hydrogen-bond acceptors (Lipinski definition) is 6. The fourth-order valence-corrected chi connectivity index (χ4v) is 3.55. The van der Waals surface area contributed by atoms with Crippen molar-refractivity contribution in [1.82, 2.24) is 20.4 Å². The Bertz CT molecular complexity index is 939. The first-order valence-electron chi connectivity index (χ1n) is 9.25. The molecule has 0 saturated carbocycles. The van der Waals surface area contributed by atoms with Crippen LogP contribution in [0.1, 0.15) is 34.9 Å². The van der Waals surface area contributed by atoms with Crippen LogP contribution < -0.4 is 11.1 Å². The number of carbonyl (C=O) groups is 1. The molecule has 0 spiro atoms. The number of fused-ring (bicyclic) bond motifs is 1. The highest BCUT2D eigenvalue weighted by atomic mass is 16.5. The van der Waals surface area contributed by atoms with Crippen LogP contribution in [0.4, 0.5) is 0 Å². The molecule has 3 aromatic rings. The first-order valence-corrected chi connectivity index (χ1v) is 9.25. The van der Waals surface area contributed by atoms with Gasteiger partial charge in [0.1, 0.15) is 0 Å². The van der Waals surface area contributed by atoms with Crippen molar-refractivity contribution in [2.45, 2.75) is 32.0 Å². The van der Waals surface area contributed by atoms with E-state index in [1.165, 1.54) is 0 Å². The molecule has 0 radical (unpaired) electrons. The highest BCUT2D eigenvalue weighted by Crippen LogP contribution is 2.17. The van der Waals surface area contributed by atoms with E-state index in [-0.39, 0.29) is 18.5 Å². The average Bonchev–Trinajstić information content (AvgIpc) is 3.15. The van der Waals surface area contributed by atoms with E-state index in [9.17, 15) is 4.79 Å². The second-order valence-corrected chi connectivity index (χ2v) is 6.92. The number of likely N-dealkylation sites (tertiary alicyclic amines) is 1. The van der Waals surface area contributed by atoms with Gasteiger partial charge in [0.15, 0.2) is 5.82 Å². The number of aromatic nitrogens is 2. The van der Waals surface area contributed by atoms with E-state index in [1.54, 1.807) is 0 Å². The lowest BCUT2D eigenvalue weighted by Crippen LogP contribution is -2.47. The zero-order valence-electron chi connectivity index (χ0n) is 15.1. The average molecular weight is 365 g/mol. The van der Waals surface area contributed by atoms with E-state index in [2.05, 4.69) is 20.4 Å². The van der Waals surface area contributed by atoms with Crippen molar-refractivity contribution in [3.63, 3.8) is 0 Å². The van der Waals surface area contributed by atoms with Gasteiger partial charge in [-0.05, 0) is 42.3 Å². The predicted molar refractivity (Wildman–Crippen MR) is 102 cm³/mol. The Labute approximate surface area is 157 Å². The van der Waals surface area contributed by atoms with Crippen LogP contribution in [0.3, 0.4) is 0 Å². The second kappa shape index (κ2) is 7.85. The Morgan fingerprint density at radius 2 is 2.11 bits per heavy atom. The summed E-state index contributed by atoms with van der Waals surface area (Å²) in [6.45, 7) is 2.57. The third-order valence-corrected chi connectivity index (χ3v) is 4.90. The Morgan fingerprint density at radius 1 is 1.26 bits per heavy atom. The maximum absolute atomic E-state index is 12.7. The van der Waals surface area contributed by atoms with Crippen LogP contribution in [0, 0.1) is 0 Å². The summed E-state index contributed by atoms with van der Waals surface area (Å²) in [5, 5.41) is 9.32. The number of piperidine rings is 1. The largest absolute Gasteiger partial charge is 0.348 e. The molecule has 1 fully saturated rings. The number of nitrogens with one attached hydrogen (secondary N) is 1. The Hall–Kier alpha value is -2.77. The first-order chi connectivity index (χ1) is 13.2. The van der Waals surface area contributed by atoms with Crippen molar-refractivity contribution in [3.8, 4) is 0 Å². The molecule has 0 aliphatic carbocycles. The lowest BCUT2D eigenvalue weighted by Gasteiger charge is -2.32. The monoisotopic (exact) mass is 365 g/mol. The van der Waals surface area contributed by atoms with Crippen molar-refractivity contribution in [2.24, 2.45) is 5.73 Å². The standard InChI is InChI=1S/C20H23N5O2/c21-11-19-23-18(24-27-19)13-25-9-3-6-17(12-25)22-20(26)16-8-7-14-4-1-2-5-15(14)10-16/h1-2,4-5,7-8,10,17H,3,6,9,11-13,21H2,(H,22,26). The van der Waals surface area contributed by atoms with Crippen LogP contribution in [-0.4, -0.2) is 40.1 Å². The van der Waals surface area contributed by atoms with Gasteiger partial charge < -0.3 is 15.6 Å². The third kappa shape index (κ3) is 4.15. The maximum atomic E-state index is 12.7. The molecule has 1 unspecified atom stereocenters. The van der Waals surface area contributed by atoms with Gasteiger partial charge in [0.25, 0.3) is 5.91 Å². The minimum atomic E-state index is -0.0300. The van der Waals surface area contributed by atoms with Crippen molar-refractivity contribution in [3.05, 3.63) is 59.7 Å². The summed E-state index contributed by atoms with van der Waals surface area (Å²) in [4.78, 5) is 19.2. The molecule has 0 bridgehead atoms. The molecule has 1 aliphatic rings. The number of rotatable bonds is 5. The molecule has 7 nitrogen and oxygen atoms in total. The molecule has 1 amide bonds. The SMILES string of the molecule is NCc1nc(CN2CCCC(NC(=O)c3ccc4ccccc4c3)C2)no1. The molecule has 140 valence electrons.